The van der Waals surface area contributed by atoms with Crippen LogP contribution in [0.3, 0.4) is 0 Å². The van der Waals surface area contributed by atoms with Crippen LogP contribution < -0.4 is 25.2 Å². The van der Waals surface area contributed by atoms with Crippen LogP contribution in [0.15, 0.2) is 109 Å². The SMILES string of the molecule is Cn1n[n+](-c2ccc(-c3nc(-c4ccc(Oc5ccccc5)cc4)c(-c4ccccc4)s3)c(OCCN3CCNC3=O)c2)cc1CCCCN.O=C(O)C(F)(F)F.O=S(=O)([O-])C(F)(F)F. The number of nitrogens with two attached hydrogens (primary N) is 1. The summed E-state index contributed by atoms with van der Waals surface area (Å²) >= 11 is 1.63. The Morgan fingerprint density at radius 2 is 1.55 bits per heavy atom. The number of benzene rings is 4. The van der Waals surface area contributed by atoms with Crippen molar-refractivity contribution >= 4 is 33.5 Å². The molecule has 65 heavy (non-hydrogen) atoms. The summed E-state index contributed by atoms with van der Waals surface area (Å²) in [6.07, 6.45) is -0.147. The van der Waals surface area contributed by atoms with Crippen LogP contribution in [0.1, 0.15) is 18.5 Å². The van der Waals surface area contributed by atoms with Crippen LogP contribution in [0.2, 0.25) is 0 Å². The summed E-state index contributed by atoms with van der Waals surface area (Å²) in [5.74, 6) is -0.540. The standard InChI is InChI=1S/C39H39N7O3S.C2HF3O2.CHF3O3S/c1-44-31(12-8-9-21-40)27-46(43-44)30-17-20-34(35(26-30)48-25-24-45-23-22-41-39(45)47)38-42-36(37(50-38)29-10-4-2-5-11-29)28-15-18-33(19-16-28)49-32-13-6-3-7-14-32;3-2(4,5)1(6)7;2-1(3,4)8(5,6)7/h2-7,10-11,13-20,26-27H,8-9,12,21-25,40H2,1H3;(H,6,7);(H,5,6,7). The molecule has 1 aliphatic heterocycles. The van der Waals surface area contributed by atoms with Crippen LogP contribution in [-0.2, 0) is 28.4 Å². The third kappa shape index (κ3) is 14.0. The summed E-state index contributed by atoms with van der Waals surface area (Å²) in [7, 11) is -4.13. The Labute approximate surface area is 372 Å². The number of urea groups is 1. The van der Waals surface area contributed by atoms with Gasteiger partial charge in [-0.3, -0.25) is 0 Å². The fourth-order valence-electron chi connectivity index (χ4n) is 5.92. The molecule has 2 aromatic heterocycles. The monoisotopic (exact) mass is 949 g/mol. The van der Waals surface area contributed by atoms with Gasteiger partial charge in [-0.05, 0) is 73.5 Å². The number of rotatable bonds is 14. The van der Waals surface area contributed by atoms with Gasteiger partial charge in [0.05, 0.1) is 27.9 Å². The Morgan fingerprint density at radius 3 is 2.12 bits per heavy atom. The molecule has 1 aliphatic rings. The molecule has 2 amide bonds. The molecule has 23 heteroatoms. The number of nitrogens with zero attached hydrogens (tertiary/aromatic N) is 5. The van der Waals surface area contributed by atoms with Gasteiger partial charge in [-0.1, -0.05) is 48.5 Å². The minimum absolute atomic E-state index is 0.0639. The zero-order chi connectivity index (χ0) is 47.4. The molecule has 1 fully saturated rings. The maximum Gasteiger partial charge on any atom is 0.490 e. The van der Waals surface area contributed by atoms with Crippen molar-refractivity contribution in [3.63, 3.8) is 0 Å². The van der Waals surface area contributed by atoms with E-state index in [2.05, 4.69) is 29.7 Å². The lowest BCUT2D eigenvalue weighted by molar-refractivity contribution is -0.661. The topological polar surface area (TPSA) is 206 Å². The quantitative estimate of drug-likeness (QED) is 0.0324. The maximum absolute atomic E-state index is 12.2. The van der Waals surface area contributed by atoms with Crippen LogP contribution in [0.4, 0.5) is 31.1 Å². The molecule has 6 aromatic rings. The number of halogens is 6. The highest BCUT2D eigenvalue weighted by Crippen LogP contribution is 2.43. The second kappa shape index (κ2) is 21.9. The lowest BCUT2D eigenvalue weighted by atomic mass is 10.1. The van der Waals surface area contributed by atoms with Crippen molar-refractivity contribution in [1.29, 1.82) is 0 Å². The van der Waals surface area contributed by atoms with E-state index >= 15 is 0 Å². The lowest BCUT2D eigenvalue weighted by Crippen LogP contribution is -2.33. The third-order valence-corrected chi connectivity index (χ3v) is 10.8. The first-order valence-electron chi connectivity index (χ1n) is 19.4. The van der Waals surface area contributed by atoms with Crippen molar-refractivity contribution in [3.05, 3.63) is 115 Å². The number of aryl methyl sites for hydroxylation is 2. The molecule has 346 valence electrons. The van der Waals surface area contributed by atoms with E-state index in [9.17, 15) is 31.1 Å². The normalized spacial score (nSPS) is 12.7. The van der Waals surface area contributed by atoms with Crippen LogP contribution in [0, 0.1) is 0 Å². The smallest absolute Gasteiger partial charge is 0.490 e. The van der Waals surface area contributed by atoms with Crippen molar-refractivity contribution < 1.29 is 68.2 Å². The zero-order valence-electron chi connectivity index (χ0n) is 34.3. The number of amides is 2. The minimum atomic E-state index is -6.09. The first-order valence-corrected chi connectivity index (χ1v) is 21.6. The van der Waals surface area contributed by atoms with E-state index in [0.29, 0.717) is 38.5 Å². The Bertz CT molecular complexity index is 2630. The summed E-state index contributed by atoms with van der Waals surface area (Å²) in [5.41, 5.74) is 5.90. The number of carboxylic acids is 1. The molecule has 4 aromatic carbocycles. The van der Waals surface area contributed by atoms with Gasteiger partial charge < -0.3 is 35.1 Å². The van der Waals surface area contributed by atoms with Gasteiger partial charge in [0.15, 0.2) is 27.7 Å². The Morgan fingerprint density at radius 1 is 0.938 bits per heavy atom. The molecule has 0 spiro atoms. The number of hydrogen-bond donors (Lipinski definition) is 3. The molecule has 0 bridgehead atoms. The average Bonchev–Trinajstić information content (AvgIpc) is 3.99. The number of carbonyl (C=O) groups excluding carboxylic acids is 1. The van der Waals surface area contributed by atoms with Gasteiger partial charge in [0.25, 0.3) is 0 Å². The van der Waals surface area contributed by atoms with Crippen LogP contribution in [0.5, 0.6) is 17.2 Å². The number of alkyl halides is 6. The zero-order valence-corrected chi connectivity index (χ0v) is 35.9. The molecule has 15 nitrogen and oxygen atoms in total. The maximum atomic E-state index is 12.2. The third-order valence-electron chi connectivity index (χ3n) is 9.12. The summed E-state index contributed by atoms with van der Waals surface area (Å²) < 4.78 is 107. The number of nitrogens with one attached hydrogen (secondary N) is 1. The van der Waals surface area contributed by atoms with E-state index in [1.54, 1.807) is 16.2 Å². The van der Waals surface area contributed by atoms with E-state index in [1.807, 2.05) is 101 Å². The van der Waals surface area contributed by atoms with Gasteiger partial charge in [0.1, 0.15) is 35.9 Å². The number of aromatic nitrogens is 4. The van der Waals surface area contributed by atoms with Crippen molar-refractivity contribution in [3.8, 4) is 55.2 Å². The molecule has 0 aliphatic carbocycles. The van der Waals surface area contributed by atoms with E-state index in [0.717, 1.165) is 74.4 Å². The van der Waals surface area contributed by atoms with E-state index in [-0.39, 0.29) is 6.03 Å². The van der Waals surface area contributed by atoms with Gasteiger partial charge in [-0.15, -0.1) is 20.7 Å². The van der Waals surface area contributed by atoms with Gasteiger partial charge in [-0.25, -0.2) is 23.0 Å². The fourth-order valence-corrected chi connectivity index (χ4v) is 7.04. The molecular weight excluding hydrogens is 909 g/mol. The van der Waals surface area contributed by atoms with Crippen LogP contribution in [0.25, 0.3) is 38.0 Å². The van der Waals surface area contributed by atoms with Gasteiger partial charge in [0, 0.05) is 31.1 Å². The van der Waals surface area contributed by atoms with Crippen molar-refractivity contribution in [1.82, 2.24) is 25.1 Å². The lowest BCUT2D eigenvalue weighted by Gasteiger charge is -2.16. The van der Waals surface area contributed by atoms with E-state index in [1.165, 1.54) is 0 Å². The van der Waals surface area contributed by atoms with Crippen molar-refractivity contribution in [2.75, 3.05) is 32.8 Å². The number of carbonyl (C=O) groups is 2. The summed E-state index contributed by atoms with van der Waals surface area (Å²) in [4.78, 5) is 29.2. The molecule has 7 rings (SSSR count). The second-order valence-corrected chi connectivity index (χ2v) is 16.1. The number of unbranched alkanes of at least 4 members (excludes halogenated alkanes) is 1. The summed E-state index contributed by atoms with van der Waals surface area (Å²) in [6, 6.07) is 34.2. The first kappa shape index (κ1) is 49.5. The van der Waals surface area contributed by atoms with E-state index in [4.69, 9.17) is 48.3 Å². The minimum Gasteiger partial charge on any atom is -0.741 e. The Hall–Kier alpha value is -6.56. The highest BCUT2D eigenvalue weighted by Gasteiger charge is 2.38. The number of thiazole rings is 1. The molecule has 0 saturated carbocycles. The molecule has 1 saturated heterocycles. The van der Waals surface area contributed by atoms with E-state index < -0.39 is 27.8 Å². The number of ether oxygens (including phenoxy) is 2. The highest BCUT2D eigenvalue weighted by atomic mass is 32.2. The average molecular weight is 950 g/mol. The number of carboxylic acid groups (broad SMARTS) is 1. The number of para-hydroxylation sites is 1. The largest absolute Gasteiger partial charge is 0.741 e. The van der Waals surface area contributed by atoms with Crippen LogP contribution >= 0.6 is 11.3 Å². The summed E-state index contributed by atoms with van der Waals surface area (Å²) in [6.45, 7) is 2.81. The molecular formula is C42H41F6N7O8S2. The van der Waals surface area contributed by atoms with Crippen LogP contribution in [-0.4, -0.2) is 94.3 Å². The molecule has 4 N–H and O–H groups in total. The van der Waals surface area contributed by atoms with Gasteiger partial charge >= 0.3 is 23.7 Å². The van der Waals surface area contributed by atoms with Gasteiger partial charge in [0.2, 0.25) is 0 Å². The number of hydrogen-bond acceptors (Lipinski definition) is 11. The fraction of sp³-hybridized carbons (Fsp3) is 0.262. The second-order valence-electron chi connectivity index (χ2n) is 13.8. The van der Waals surface area contributed by atoms with Crippen molar-refractivity contribution in [2.24, 2.45) is 12.8 Å². The predicted octanol–water partition coefficient (Wildman–Crippen LogP) is 7.32. The predicted molar refractivity (Wildman–Crippen MR) is 225 cm³/mol. The molecule has 0 atom stereocenters. The van der Waals surface area contributed by atoms with Gasteiger partial charge in [-0.2, -0.15) is 26.3 Å². The van der Waals surface area contributed by atoms with Crippen molar-refractivity contribution in [2.45, 2.75) is 30.9 Å². The first-order chi connectivity index (χ1) is 30.7. The summed E-state index contributed by atoms with van der Waals surface area (Å²) in [5, 5.41) is 15.6. The Balaban J connectivity index is 0.000000455. The number of aliphatic carboxylic acids is 1. The Kier molecular flexibility index (Phi) is 16.7. The molecule has 0 unspecified atom stereocenters. The molecule has 3 heterocycles. The highest BCUT2D eigenvalue weighted by molar-refractivity contribution is 7.86. The molecule has 0 radical (unpaired) electrons.